The van der Waals surface area contributed by atoms with Crippen LogP contribution in [0, 0.1) is 5.92 Å². The first-order valence-corrected chi connectivity index (χ1v) is 11.7. The Labute approximate surface area is 206 Å². The smallest absolute Gasteiger partial charge is 0.354 e. The molecule has 34 heavy (non-hydrogen) atoms. The number of benzene rings is 2. The van der Waals surface area contributed by atoms with Gasteiger partial charge < -0.3 is 10.6 Å². The maximum Gasteiger partial charge on any atom is 0.416 e. The van der Waals surface area contributed by atoms with Crippen LogP contribution in [0.25, 0.3) is 0 Å². The molecule has 1 unspecified atom stereocenters. The Balaban J connectivity index is 1.44. The number of nitrogens with one attached hydrogen (secondary N) is 2. The van der Waals surface area contributed by atoms with Crippen LogP contribution in [0.5, 0.6) is 0 Å². The van der Waals surface area contributed by atoms with Crippen molar-refractivity contribution in [1.82, 2.24) is 15.5 Å². The van der Waals surface area contributed by atoms with Gasteiger partial charge in [-0.2, -0.15) is 13.2 Å². The zero-order chi connectivity index (χ0) is 24.9. The fourth-order valence-electron chi connectivity index (χ4n) is 3.81. The number of piperidine rings is 1. The normalized spacial score (nSPS) is 16.2. The van der Waals surface area contributed by atoms with Gasteiger partial charge in [0.25, 0.3) is 5.91 Å². The molecule has 1 fully saturated rings. The summed E-state index contributed by atoms with van der Waals surface area (Å²) in [4.78, 5) is 27.2. The Hall–Kier alpha value is -2.29. The lowest BCUT2D eigenvalue weighted by Crippen LogP contribution is -2.47. The molecule has 0 bridgehead atoms. The van der Waals surface area contributed by atoms with Crippen LogP contribution >= 0.6 is 23.2 Å². The molecule has 5 nitrogen and oxygen atoms in total. The molecule has 1 heterocycles. The summed E-state index contributed by atoms with van der Waals surface area (Å²) in [5.74, 6) is -0.930. The minimum absolute atomic E-state index is 0.122. The van der Waals surface area contributed by atoms with Gasteiger partial charge in [-0.25, -0.2) is 0 Å². The molecule has 1 aliphatic rings. The number of hydrogen-bond acceptors (Lipinski definition) is 3. The maximum atomic E-state index is 12.9. The number of amides is 2. The van der Waals surface area contributed by atoms with Crippen molar-refractivity contribution in [2.45, 2.75) is 38.5 Å². The van der Waals surface area contributed by atoms with Crippen LogP contribution in [0.3, 0.4) is 0 Å². The third-order valence-electron chi connectivity index (χ3n) is 5.87. The third kappa shape index (κ3) is 7.35. The van der Waals surface area contributed by atoms with Gasteiger partial charge in [0, 0.05) is 18.1 Å². The van der Waals surface area contributed by atoms with Gasteiger partial charge in [-0.15, -0.1) is 0 Å². The van der Waals surface area contributed by atoms with Crippen molar-refractivity contribution >= 4 is 35.0 Å². The predicted octanol–water partition coefficient (Wildman–Crippen LogP) is 5.16. The van der Waals surface area contributed by atoms with E-state index < -0.39 is 29.6 Å². The molecule has 1 atom stereocenters. The first-order valence-electron chi connectivity index (χ1n) is 10.9. The van der Waals surface area contributed by atoms with E-state index in [1.165, 1.54) is 12.5 Å². The molecular formula is C24H26Cl2F3N3O2. The fraction of sp³-hybridized carbons (Fsp3) is 0.417. The van der Waals surface area contributed by atoms with Crippen molar-refractivity contribution < 1.29 is 22.8 Å². The van der Waals surface area contributed by atoms with Crippen LogP contribution in [-0.2, 0) is 17.5 Å². The Morgan fingerprint density at radius 3 is 2.35 bits per heavy atom. The van der Waals surface area contributed by atoms with E-state index in [0.717, 1.165) is 44.6 Å². The molecule has 1 aliphatic heterocycles. The average Bonchev–Trinajstić information content (AvgIpc) is 2.79. The van der Waals surface area contributed by atoms with E-state index in [1.807, 2.05) is 24.3 Å². The molecule has 184 valence electrons. The quantitative estimate of drug-likeness (QED) is 0.535. The van der Waals surface area contributed by atoms with Crippen LogP contribution in [0.1, 0.15) is 41.3 Å². The highest BCUT2D eigenvalue weighted by atomic mass is 35.5. The molecule has 2 aromatic carbocycles. The van der Waals surface area contributed by atoms with Crippen LogP contribution < -0.4 is 10.6 Å². The molecule has 0 spiro atoms. The number of carbonyl (C=O) groups excluding carboxylic acids is 2. The van der Waals surface area contributed by atoms with Gasteiger partial charge in [0.1, 0.15) is 6.04 Å². The second kappa shape index (κ2) is 11.4. The van der Waals surface area contributed by atoms with Crippen molar-refractivity contribution in [2.75, 3.05) is 19.6 Å². The Bertz CT molecular complexity index is 1010. The molecule has 1 saturated heterocycles. The average molecular weight is 516 g/mol. The maximum absolute atomic E-state index is 12.9. The van der Waals surface area contributed by atoms with E-state index >= 15 is 0 Å². The van der Waals surface area contributed by atoms with E-state index in [4.69, 9.17) is 23.2 Å². The van der Waals surface area contributed by atoms with E-state index in [-0.39, 0.29) is 10.6 Å². The summed E-state index contributed by atoms with van der Waals surface area (Å²) >= 11 is 11.8. The number of rotatable bonds is 7. The van der Waals surface area contributed by atoms with Crippen molar-refractivity contribution in [3.05, 3.63) is 69.2 Å². The summed E-state index contributed by atoms with van der Waals surface area (Å²) in [5.41, 5.74) is -0.118. The summed E-state index contributed by atoms with van der Waals surface area (Å²) in [5, 5.41) is 5.84. The number of hydrogen-bond donors (Lipinski definition) is 2. The minimum Gasteiger partial charge on any atom is -0.354 e. The zero-order valence-corrected chi connectivity index (χ0v) is 20.1. The van der Waals surface area contributed by atoms with Gasteiger partial charge in [-0.3, -0.25) is 14.5 Å². The number of halogens is 5. The first-order chi connectivity index (χ1) is 16.0. The SMILES string of the molecule is CC(NC(=O)c1cc(C(F)(F)F)ccc1Cl)C(=O)NCC1CCN(Cc2ccc(Cl)cc2)CC1. The highest BCUT2D eigenvalue weighted by molar-refractivity contribution is 6.34. The highest BCUT2D eigenvalue weighted by Gasteiger charge is 2.32. The second-order valence-corrected chi connectivity index (χ2v) is 9.32. The lowest BCUT2D eigenvalue weighted by Gasteiger charge is -2.32. The molecular weight excluding hydrogens is 490 g/mol. The fourth-order valence-corrected chi connectivity index (χ4v) is 4.14. The van der Waals surface area contributed by atoms with Crippen LogP contribution in [-0.4, -0.2) is 42.4 Å². The zero-order valence-electron chi connectivity index (χ0n) is 18.6. The second-order valence-electron chi connectivity index (χ2n) is 8.48. The monoisotopic (exact) mass is 515 g/mol. The Morgan fingerprint density at radius 1 is 1.09 bits per heavy atom. The van der Waals surface area contributed by atoms with Crippen LogP contribution in [0.2, 0.25) is 10.0 Å². The lowest BCUT2D eigenvalue weighted by molar-refractivity contribution is -0.137. The molecule has 2 aromatic rings. The van der Waals surface area contributed by atoms with Crippen molar-refractivity contribution in [3.8, 4) is 0 Å². The minimum atomic E-state index is -4.60. The standard InChI is InChI=1S/C24H26Cl2F3N3O2/c1-15(31-23(34)20-12-18(24(27,28)29)4-7-21(20)26)22(33)30-13-16-8-10-32(11-9-16)14-17-2-5-19(25)6-3-17/h2-7,12,15-16H,8-11,13-14H2,1H3,(H,30,33)(H,31,34). The van der Waals surface area contributed by atoms with Crippen molar-refractivity contribution in [3.63, 3.8) is 0 Å². The largest absolute Gasteiger partial charge is 0.416 e. The Kier molecular flexibility index (Phi) is 8.84. The topological polar surface area (TPSA) is 61.4 Å². The molecule has 10 heteroatoms. The van der Waals surface area contributed by atoms with Gasteiger partial charge in [-0.1, -0.05) is 35.3 Å². The number of alkyl halides is 3. The lowest BCUT2D eigenvalue weighted by atomic mass is 9.96. The molecule has 0 aliphatic carbocycles. The number of likely N-dealkylation sites (tertiary alicyclic amines) is 1. The molecule has 0 aromatic heterocycles. The summed E-state index contributed by atoms with van der Waals surface area (Å²) in [6, 6.07) is 9.34. The molecule has 3 rings (SSSR count). The molecule has 0 saturated carbocycles. The summed E-state index contributed by atoms with van der Waals surface area (Å²) in [6.45, 7) is 4.60. The molecule has 2 amide bonds. The van der Waals surface area contributed by atoms with Crippen LogP contribution in [0.4, 0.5) is 13.2 Å². The van der Waals surface area contributed by atoms with E-state index in [9.17, 15) is 22.8 Å². The van der Waals surface area contributed by atoms with Crippen molar-refractivity contribution in [1.29, 1.82) is 0 Å². The number of carbonyl (C=O) groups is 2. The predicted molar refractivity (Wildman–Crippen MR) is 126 cm³/mol. The molecule has 2 N–H and O–H groups in total. The molecule has 0 radical (unpaired) electrons. The summed E-state index contributed by atoms with van der Waals surface area (Å²) < 4.78 is 38.8. The summed E-state index contributed by atoms with van der Waals surface area (Å²) in [7, 11) is 0. The van der Waals surface area contributed by atoms with Gasteiger partial charge >= 0.3 is 6.18 Å². The van der Waals surface area contributed by atoms with Gasteiger partial charge in [0.15, 0.2) is 0 Å². The van der Waals surface area contributed by atoms with E-state index in [0.29, 0.717) is 23.6 Å². The van der Waals surface area contributed by atoms with Gasteiger partial charge in [0.05, 0.1) is 16.1 Å². The summed E-state index contributed by atoms with van der Waals surface area (Å²) in [6.07, 6.45) is -2.75. The van der Waals surface area contributed by atoms with E-state index in [1.54, 1.807) is 0 Å². The number of nitrogens with zero attached hydrogens (tertiary/aromatic N) is 1. The first kappa shape index (κ1) is 26.3. The van der Waals surface area contributed by atoms with Crippen LogP contribution in [0.15, 0.2) is 42.5 Å². The van der Waals surface area contributed by atoms with Gasteiger partial charge in [-0.05, 0) is 74.7 Å². The van der Waals surface area contributed by atoms with E-state index in [2.05, 4.69) is 15.5 Å². The third-order valence-corrected chi connectivity index (χ3v) is 6.45. The van der Waals surface area contributed by atoms with Gasteiger partial charge in [0.2, 0.25) is 5.91 Å². The Morgan fingerprint density at radius 2 is 1.74 bits per heavy atom. The highest BCUT2D eigenvalue weighted by Crippen LogP contribution is 2.31. The van der Waals surface area contributed by atoms with Crippen molar-refractivity contribution in [2.24, 2.45) is 5.92 Å².